The molecule has 1 aromatic carbocycles. The van der Waals surface area contributed by atoms with Crippen molar-refractivity contribution in [2.45, 2.75) is 19.4 Å². The van der Waals surface area contributed by atoms with E-state index in [1.54, 1.807) is 12.1 Å². The molecule has 18 heavy (non-hydrogen) atoms. The van der Waals surface area contributed by atoms with Crippen molar-refractivity contribution in [2.24, 2.45) is 0 Å². The molecule has 0 aliphatic carbocycles. The summed E-state index contributed by atoms with van der Waals surface area (Å²) < 4.78 is 0. The van der Waals surface area contributed by atoms with Gasteiger partial charge in [-0.3, -0.25) is 9.69 Å². The van der Waals surface area contributed by atoms with E-state index in [1.807, 2.05) is 23.9 Å². The molecule has 0 amide bonds. The van der Waals surface area contributed by atoms with Crippen molar-refractivity contribution in [3.63, 3.8) is 0 Å². The van der Waals surface area contributed by atoms with E-state index in [0.29, 0.717) is 17.5 Å². The fourth-order valence-corrected chi connectivity index (χ4v) is 3.42. The van der Waals surface area contributed by atoms with E-state index in [0.717, 1.165) is 18.7 Å². The van der Waals surface area contributed by atoms with Gasteiger partial charge in [-0.05, 0) is 19.1 Å². The van der Waals surface area contributed by atoms with Crippen LogP contribution in [0.2, 0.25) is 5.02 Å². The quantitative estimate of drug-likeness (QED) is 0.791. The van der Waals surface area contributed by atoms with Crippen molar-refractivity contribution in [2.75, 3.05) is 24.6 Å². The van der Waals surface area contributed by atoms with Crippen LogP contribution in [0.1, 0.15) is 23.7 Å². The monoisotopic (exact) mass is 283 g/mol. The minimum atomic E-state index is 0.183. The molecule has 0 bridgehead atoms. The molecule has 2 rings (SSSR count). The molecule has 0 saturated carbocycles. The Morgan fingerprint density at radius 1 is 1.56 bits per heavy atom. The summed E-state index contributed by atoms with van der Waals surface area (Å²) in [6.45, 7) is 4.18. The number of hydrogen-bond acceptors (Lipinski definition) is 3. The van der Waals surface area contributed by atoms with Crippen LogP contribution in [0.5, 0.6) is 0 Å². The number of halogens is 1. The Morgan fingerprint density at radius 2 is 2.39 bits per heavy atom. The van der Waals surface area contributed by atoms with Crippen LogP contribution >= 0.6 is 23.4 Å². The van der Waals surface area contributed by atoms with Gasteiger partial charge in [0.2, 0.25) is 0 Å². The predicted molar refractivity (Wildman–Crippen MR) is 78.8 cm³/mol. The van der Waals surface area contributed by atoms with Crippen molar-refractivity contribution < 1.29 is 4.79 Å². The molecule has 0 spiro atoms. The fourth-order valence-electron chi connectivity index (χ4n) is 2.15. The second kappa shape index (κ2) is 6.60. The Balaban J connectivity index is 1.88. The first-order valence-electron chi connectivity index (χ1n) is 6.27. The number of hydrogen-bond donors (Lipinski definition) is 0. The highest BCUT2D eigenvalue weighted by molar-refractivity contribution is 7.99. The first-order valence-corrected chi connectivity index (χ1v) is 7.80. The van der Waals surface area contributed by atoms with Crippen LogP contribution in [0.15, 0.2) is 24.3 Å². The van der Waals surface area contributed by atoms with Crippen LogP contribution in [0.25, 0.3) is 0 Å². The summed E-state index contributed by atoms with van der Waals surface area (Å²) in [4.78, 5) is 14.5. The highest BCUT2D eigenvalue weighted by Gasteiger charge is 2.19. The molecule has 1 heterocycles. The summed E-state index contributed by atoms with van der Waals surface area (Å²) in [6.07, 6.45) is 0.579. The second-order valence-corrected chi connectivity index (χ2v) is 6.23. The number of rotatable bonds is 4. The fraction of sp³-hybridized carbons (Fsp3) is 0.500. The zero-order chi connectivity index (χ0) is 13.0. The lowest BCUT2D eigenvalue weighted by Crippen LogP contribution is -2.41. The highest BCUT2D eigenvalue weighted by Crippen LogP contribution is 2.17. The zero-order valence-corrected chi connectivity index (χ0v) is 12.1. The summed E-state index contributed by atoms with van der Waals surface area (Å²) >= 11 is 7.89. The number of ketones is 1. The van der Waals surface area contributed by atoms with Gasteiger partial charge < -0.3 is 0 Å². The van der Waals surface area contributed by atoms with Gasteiger partial charge in [-0.15, -0.1) is 0 Å². The number of thioether (sulfide) groups is 1. The number of benzene rings is 1. The minimum absolute atomic E-state index is 0.183. The first-order chi connectivity index (χ1) is 8.66. The van der Waals surface area contributed by atoms with Crippen LogP contribution in [-0.4, -0.2) is 41.3 Å². The molecule has 4 heteroatoms. The molecule has 1 aliphatic heterocycles. The minimum Gasteiger partial charge on any atom is -0.299 e. The number of carbonyl (C=O) groups is 1. The van der Waals surface area contributed by atoms with Crippen LogP contribution in [0.4, 0.5) is 0 Å². The average Bonchev–Trinajstić information content (AvgIpc) is 2.37. The van der Waals surface area contributed by atoms with Gasteiger partial charge in [0.15, 0.2) is 5.78 Å². The molecule has 0 N–H and O–H groups in total. The Bertz CT molecular complexity index is 424. The Labute approximate surface area is 118 Å². The van der Waals surface area contributed by atoms with Crippen LogP contribution in [-0.2, 0) is 0 Å². The molecule has 1 saturated heterocycles. The molecule has 2 nitrogen and oxygen atoms in total. The SMILES string of the molecule is CC1CSCCN1CCC(=O)c1cccc(Cl)c1. The normalized spacial score (nSPS) is 20.9. The third-order valence-electron chi connectivity index (χ3n) is 3.28. The molecule has 1 fully saturated rings. The van der Waals surface area contributed by atoms with Gasteiger partial charge in [0.1, 0.15) is 0 Å². The Hall–Kier alpha value is -0.510. The maximum atomic E-state index is 12.1. The van der Waals surface area contributed by atoms with E-state index in [-0.39, 0.29) is 5.78 Å². The molecule has 1 aliphatic rings. The largest absolute Gasteiger partial charge is 0.299 e. The van der Waals surface area contributed by atoms with Crippen LogP contribution in [0, 0.1) is 0 Å². The van der Waals surface area contributed by atoms with Crippen molar-refractivity contribution >= 4 is 29.1 Å². The molecule has 1 unspecified atom stereocenters. The lowest BCUT2D eigenvalue weighted by molar-refractivity contribution is 0.0957. The summed E-state index contributed by atoms with van der Waals surface area (Å²) in [5.41, 5.74) is 0.724. The van der Waals surface area contributed by atoms with Gasteiger partial charge in [-0.25, -0.2) is 0 Å². The van der Waals surface area contributed by atoms with Crippen molar-refractivity contribution in [3.05, 3.63) is 34.9 Å². The Kier molecular flexibility index (Phi) is 5.10. The van der Waals surface area contributed by atoms with E-state index in [9.17, 15) is 4.79 Å². The van der Waals surface area contributed by atoms with Gasteiger partial charge in [-0.1, -0.05) is 23.7 Å². The lowest BCUT2D eigenvalue weighted by Gasteiger charge is -2.32. The van der Waals surface area contributed by atoms with Gasteiger partial charge in [-0.2, -0.15) is 11.8 Å². The Morgan fingerprint density at radius 3 is 3.11 bits per heavy atom. The molecule has 98 valence electrons. The maximum Gasteiger partial charge on any atom is 0.164 e. The van der Waals surface area contributed by atoms with E-state index in [1.165, 1.54) is 11.5 Å². The topological polar surface area (TPSA) is 20.3 Å². The van der Waals surface area contributed by atoms with E-state index < -0.39 is 0 Å². The van der Waals surface area contributed by atoms with E-state index in [2.05, 4.69) is 11.8 Å². The molecule has 0 radical (unpaired) electrons. The standard InChI is InChI=1S/C14H18ClNOS/c1-11-10-18-8-7-16(11)6-5-14(17)12-3-2-4-13(15)9-12/h2-4,9,11H,5-8,10H2,1H3. The third kappa shape index (κ3) is 3.74. The van der Waals surface area contributed by atoms with Crippen LogP contribution < -0.4 is 0 Å². The van der Waals surface area contributed by atoms with Crippen LogP contribution in [0.3, 0.4) is 0 Å². The van der Waals surface area contributed by atoms with Crippen molar-refractivity contribution in [1.82, 2.24) is 4.90 Å². The number of Topliss-reactive ketones (excluding diaryl/α,β-unsaturated/α-hetero) is 1. The maximum absolute atomic E-state index is 12.1. The lowest BCUT2D eigenvalue weighted by atomic mass is 10.1. The van der Waals surface area contributed by atoms with Gasteiger partial charge >= 0.3 is 0 Å². The van der Waals surface area contributed by atoms with Crippen molar-refractivity contribution in [1.29, 1.82) is 0 Å². The molecule has 0 aromatic heterocycles. The molecular weight excluding hydrogens is 266 g/mol. The van der Waals surface area contributed by atoms with Gasteiger partial charge in [0, 0.05) is 47.6 Å². The second-order valence-electron chi connectivity index (χ2n) is 4.64. The van der Waals surface area contributed by atoms with Gasteiger partial charge in [0.05, 0.1) is 0 Å². The number of carbonyl (C=O) groups excluding carboxylic acids is 1. The summed E-state index contributed by atoms with van der Waals surface area (Å²) in [6, 6.07) is 7.79. The third-order valence-corrected chi connectivity index (χ3v) is 4.70. The zero-order valence-electron chi connectivity index (χ0n) is 10.6. The smallest absolute Gasteiger partial charge is 0.164 e. The van der Waals surface area contributed by atoms with Crippen molar-refractivity contribution in [3.8, 4) is 0 Å². The molecule has 1 aromatic rings. The summed E-state index contributed by atoms with van der Waals surface area (Å²) in [5, 5.41) is 0.628. The first kappa shape index (κ1) is 13.9. The molecule has 1 atom stereocenters. The van der Waals surface area contributed by atoms with Gasteiger partial charge in [0.25, 0.3) is 0 Å². The van der Waals surface area contributed by atoms with E-state index in [4.69, 9.17) is 11.6 Å². The average molecular weight is 284 g/mol. The van der Waals surface area contributed by atoms with E-state index >= 15 is 0 Å². The highest BCUT2D eigenvalue weighted by atomic mass is 35.5. The predicted octanol–water partition coefficient (Wildman–Crippen LogP) is 3.35. The molecular formula is C14H18ClNOS. The summed E-state index contributed by atoms with van der Waals surface area (Å²) in [5.74, 6) is 2.53. The summed E-state index contributed by atoms with van der Waals surface area (Å²) in [7, 11) is 0. The number of nitrogens with zero attached hydrogens (tertiary/aromatic N) is 1.